The molecule has 0 radical (unpaired) electrons. The average Bonchev–Trinajstić information content (AvgIpc) is 2.53. The van der Waals surface area contributed by atoms with Crippen molar-refractivity contribution in [3.05, 3.63) is 42.1 Å². The predicted octanol–water partition coefficient (Wildman–Crippen LogP) is 2.05. The molecule has 4 nitrogen and oxygen atoms in total. The molecule has 2 aromatic rings. The second-order valence-corrected chi connectivity index (χ2v) is 5.41. The van der Waals surface area contributed by atoms with Gasteiger partial charge in [0.25, 0.3) is 5.91 Å². The number of hydrogen-bond acceptors (Lipinski definition) is 3. The molecule has 104 valence electrons. The third kappa shape index (κ3) is 2.51. The molecule has 0 aliphatic carbocycles. The van der Waals surface area contributed by atoms with Crippen molar-refractivity contribution >= 4 is 16.8 Å². The molecule has 1 aromatic carbocycles. The van der Waals surface area contributed by atoms with Gasteiger partial charge >= 0.3 is 0 Å². The summed E-state index contributed by atoms with van der Waals surface area (Å²) >= 11 is 0. The van der Waals surface area contributed by atoms with E-state index in [0.29, 0.717) is 12.5 Å². The maximum Gasteiger partial charge on any atom is 0.253 e. The average molecular weight is 269 g/mol. The Bertz CT molecular complexity index is 626. The van der Waals surface area contributed by atoms with E-state index in [2.05, 4.69) is 4.98 Å². The Morgan fingerprint density at radius 1 is 1.40 bits per heavy atom. The van der Waals surface area contributed by atoms with Crippen LogP contribution in [-0.2, 0) is 0 Å². The molecule has 3 rings (SSSR count). The zero-order valence-electron chi connectivity index (χ0n) is 11.5. The second-order valence-electron chi connectivity index (χ2n) is 5.41. The number of pyridine rings is 1. The summed E-state index contributed by atoms with van der Waals surface area (Å²) in [6.07, 6.45) is 3.94. The zero-order valence-corrected chi connectivity index (χ0v) is 11.5. The summed E-state index contributed by atoms with van der Waals surface area (Å²) in [5.74, 6) is 0.545. The molecule has 20 heavy (non-hydrogen) atoms. The highest BCUT2D eigenvalue weighted by Gasteiger charge is 2.23. The molecule has 1 aliphatic rings. The molecule has 1 saturated heterocycles. The van der Waals surface area contributed by atoms with Gasteiger partial charge in [-0.15, -0.1) is 0 Å². The van der Waals surface area contributed by atoms with E-state index in [1.807, 2.05) is 35.2 Å². The van der Waals surface area contributed by atoms with Crippen LogP contribution in [0, 0.1) is 5.92 Å². The van der Waals surface area contributed by atoms with Crippen molar-refractivity contribution in [3.63, 3.8) is 0 Å². The fourth-order valence-electron chi connectivity index (χ4n) is 2.83. The van der Waals surface area contributed by atoms with Gasteiger partial charge in [0.1, 0.15) is 0 Å². The van der Waals surface area contributed by atoms with Crippen molar-refractivity contribution in [1.29, 1.82) is 0 Å². The van der Waals surface area contributed by atoms with Gasteiger partial charge in [0.05, 0.1) is 5.52 Å². The lowest BCUT2D eigenvalue weighted by Crippen LogP contribution is -2.42. The first-order valence-electron chi connectivity index (χ1n) is 7.12. The Morgan fingerprint density at radius 2 is 2.30 bits per heavy atom. The van der Waals surface area contributed by atoms with E-state index >= 15 is 0 Å². The number of nitrogens with two attached hydrogens (primary N) is 1. The molecule has 1 atom stereocenters. The van der Waals surface area contributed by atoms with Crippen LogP contribution in [0.5, 0.6) is 0 Å². The Hall–Kier alpha value is -1.94. The Morgan fingerprint density at radius 3 is 3.15 bits per heavy atom. The van der Waals surface area contributed by atoms with Crippen molar-refractivity contribution in [3.8, 4) is 0 Å². The van der Waals surface area contributed by atoms with Gasteiger partial charge in [-0.2, -0.15) is 0 Å². The summed E-state index contributed by atoms with van der Waals surface area (Å²) in [5, 5.41) is 1.01. The molecular formula is C16H19N3O. The number of rotatable bonds is 2. The lowest BCUT2D eigenvalue weighted by molar-refractivity contribution is 0.0678. The fourth-order valence-corrected chi connectivity index (χ4v) is 2.83. The van der Waals surface area contributed by atoms with Crippen LogP contribution in [0.2, 0.25) is 0 Å². The minimum absolute atomic E-state index is 0.105. The van der Waals surface area contributed by atoms with Crippen LogP contribution in [0.25, 0.3) is 10.9 Å². The van der Waals surface area contributed by atoms with Gasteiger partial charge in [-0.1, -0.05) is 6.07 Å². The van der Waals surface area contributed by atoms with Gasteiger partial charge in [-0.05, 0) is 49.6 Å². The number of piperidine rings is 1. The van der Waals surface area contributed by atoms with Crippen molar-refractivity contribution in [2.75, 3.05) is 19.6 Å². The van der Waals surface area contributed by atoms with Crippen LogP contribution in [0.1, 0.15) is 23.2 Å². The number of hydrogen-bond donors (Lipinski definition) is 1. The molecule has 1 aliphatic heterocycles. The minimum atomic E-state index is 0.105. The SMILES string of the molecule is NCC1CCCN(C(=O)c2ccc3ncccc3c2)C1. The number of carbonyl (C=O) groups excluding carboxylic acids is 1. The van der Waals surface area contributed by atoms with Crippen LogP contribution < -0.4 is 5.73 Å². The van der Waals surface area contributed by atoms with E-state index in [9.17, 15) is 4.79 Å². The van der Waals surface area contributed by atoms with Crippen molar-refractivity contribution < 1.29 is 4.79 Å². The standard InChI is InChI=1S/C16H19N3O/c17-10-12-3-2-8-19(11-12)16(20)14-5-6-15-13(9-14)4-1-7-18-15/h1,4-7,9,12H,2-3,8,10-11,17H2. The number of amides is 1. The van der Waals surface area contributed by atoms with Gasteiger partial charge in [0, 0.05) is 30.2 Å². The van der Waals surface area contributed by atoms with E-state index in [4.69, 9.17) is 5.73 Å². The molecule has 1 fully saturated rings. The van der Waals surface area contributed by atoms with E-state index in [-0.39, 0.29) is 5.91 Å². The number of carbonyl (C=O) groups is 1. The molecule has 2 N–H and O–H groups in total. The number of nitrogens with zero attached hydrogens (tertiary/aromatic N) is 2. The zero-order chi connectivity index (χ0) is 13.9. The molecule has 1 unspecified atom stereocenters. The molecule has 4 heteroatoms. The lowest BCUT2D eigenvalue weighted by Gasteiger charge is -2.32. The minimum Gasteiger partial charge on any atom is -0.338 e. The molecule has 0 spiro atoms. The van der Waals surface area contributed by atoms with Crippen molar-refractivity contribution in [2.24, 2.45) is 11.7 Å². The highest BCUT2D eigenvalue weighted by Crippen LogP contribution is 2.19. The van der Waals surface area contributed by atoms with Crippen LogP contribution in [-0.4, -0.2) is 35.4 Å². The summed E-state index contributed by atoms with van der Waals surface area (Å²) in [6.45, 7) is 2.27. The number of likely N-dealkylation sites (tertiary alicyclic amines) is 1. The Kier molecular flexibility index (Phi) is 3.65. The van der Waals surface area contributed by atoms with Gasteiger partial charge in [-0.25, -0.2) is 0 Å². The molecule has 1 aromatic heterocycles. The summed E-state index contributed by atoms with van der Waals surface area (Å²) in [4.78, 5) is 18.8. The van der Waals surface area contributed by atoms with Gasteiger partial charge in [-0.3, -0.25) is 9.78 Å². The third-order valence-electron chi connectivity index (χ3n) is 3.99. The molecule has 0 bridgehead atoms. The van der Waals surface area contributed by atoms with Gasteiger partial charge in [0.2, 0.25) is 0 Å². The smallest absolute Gasteiger partial charge is 0.253 e. The van der Waals surface area contributed by atoms with E-state index in [0.717, 1.165) is 42.4 Å². The highest BCUT2D eigenvalue weighted by atomic mass is 16.2. The predicted molar refractivity (Wildman–Crippen MR) is 79.4 cm³/mol. The maximum atomic E-state index is 12.6. The lowest BCUT2D eigenvalue weighted by atomic mass is 9.97. The summed E-state index contributed by atoms with van der Waals surface area (Å²) in [5.41, 5.74) is 7.39. The van der Waals surface area contributed by atoms with E-state index in [1.165, 1.54) is 0 Å². The number of benzene rings is 1. The third-order valence-corrected chi connectivity index (χ3v) is 3.99. The summed E-state index contributed by atoms with van der Waals surface area (Å²) in [6, 6.07) is 9.58. The van der Waals surface area contributed by atoms with Gasteiger partial charge in [0.15, 0.2) is 0 Å². The van der Waals surface area contributed by atoms with E-state index < -0.39 is 0 Å². The molecular weight excluding hydrogens is 250 g/mol. The van der Waals surface area contributed by atoms with E-state index in [1.54, 1.807) is 6.20 Å². The fraction of sp³-hybridized carbons (Fsp3) is 0.375. The van der Waals surface area contributed by atoms with Crippen molar-refractivity contribution in [1.82, 2.24) is 9.88 Å². The topological polar surface area (TPSA) is 59.2 Å². The van der Waals surface area contributed by atoms with Crippen LogP contribution in [0.4, 0.5) is 0 Å². The number of fused-ring (bicyclic) bond motifs is 1. The van der Waals surface area contributed by atoms with Crippen LogP contribution in [0.15, 0.2) is 36.5 Å². The summed E-state index contributed by atoms with van der Waals surface area (Å²) < 4.78 is 0. The summed E-state index contributed by atoms with van der Waals surface area (Å²) in [7, 11) is 0. The second kappa shape index (κ2) is 5.59. The Balaban J connectivity index is 1.84. The first kappa shape index (κ1) is 13.1. The van der Waals surface area contributed by atoms with Crippen molar-refractivity contribution in [2.45, 2.75) is 12.8 Å². The quantitative estimate of drug-likeness (QED) is 0.907. The molecule has 2 heterocycles. The van der Waals surface area contributed by atoms with Gasteiger partial charge < -0.3 is 10.6 Å². The maximum absolute atomic E-state index is 12.6. The number of aromatic nitrogens is 1. The first-order chi connectivity index (χ1) is 9.78. The van der Waals surface area contributed by atoms with Crippen LogP contribution in [0.3, 0.4) is 0 Å². The van der Waals surface area contributed by atoms with Crippen LogP contribution >= 0.6 is 0 Å². The largest absolute Gasteiger partial charge is 0.338 e. The molecule has 1 amide bonds. The monoisotopic (exact) mass is 269 g/mol. The highest BCUT2D eigenvalue weighted by molar-refractivity contribution is 5.98. The Labute approximate surface area is 118 Å². The molecule has 0 saturated carbocycles. The normalized spacial score (nSPS) is 19.2. The first-order valence-corrected chi connectivity index (χ1v) is 7.12.